The van der Waals surface area contributed by atoms with Gasteiger partial charge in [-0.2, -0.15) is 0 Å². The minimum atomic E-state index is -4.01. The Morgan fingerprint density at radius 3 is 2.78 bits per heavy atom. The third kappa shape index (κ3) is 3.34. The van der Waals surface area contributed by atoms with E-state index in [1.165, 1.54) is 6.07 Å². The molecule has 7 heteroatoms. The van der Waals surface area contributed by atoms with Gasteiger partial charge in [-0.25, -0.2) is 17.5 Å². The summed E-state index contributed by atoms with van der Waals surface area (Å²) in [6, 6.07) is 8.50. The van der Waals surface area contributed by atoms with Gasteiger partial charge in [0.25, 0.3) is 0 Å². The minimum absolute atomic E-state index is 0.170. The Kier molecular flexibility index (Phi) is 4.31. The van der Waals surface area contributed by atoms with Gasteiger partial charge in [0.15, 0.2) is 0 Å². The number of hydrogen-bond donors (Lipinski definition) is 2. The van der Waals surface area contributed by atoms with Crippen LogP contribution in [0.3, 0.4) is 0 Å². The molecule has 122 valence electrons. The maximum Gasteiger partial charge on any atom is 0.244 e. The van der Waals surface area contributed by atoms with E-state index in [0.29, 0.717) is 12.1 Å². The van der Waals surface area contributed by atoms with E-state index in [2.05, 4.69) is 4.72 Å². The van der Waals surface area contributed by atoms with Crippen molar-refractivity contribution in [3.63, 3.8) is 0 Å². The van der Waals surface area contributed by atoms with Crippen molar-refractivity contribution in [1.82, 2.24) is 4.72 Å². The van der Waals surface area contributed by atoms with Gasteiger partial charge >= 0.3 is 0 Å². The number of halogens is 2. The fourth-order valence-electron chi connectivity index (χ4n) is 2.89. The van der Waals surface area contributed by atoms with Crippen molar-refractivity contribution in [3.8, 4) is 0 Å². The Morgan fingerprint density at radius 2 is 2.00 bits per heavy atom. The highest BCUT2D eigenvalue weighted by atomic mass is 35.5. The number of rotatable bonds is 3. The topological polar surface area (TPSA) is 72.2 Å². The zero-order valence-corrected chi connectivity index (χ0v) is 13.8. The molecule has 1 unspecified atom stereocenters. The van der Waals surface area contributed by atoms with Crippen LogP contribution in [0.4, 0.5) is 10.1 Å². The predicted molar refractivity (Wildman–Crippen MR) is 88.3 cm³/mol. The number of fused-ring (bicyclic) bond motifs is 1. The number of nitrogens with one attached hydrogen (secondary N) is 1. The zero-order chi connectivity index (χ0) is 16.6. The molecule has 4 nitrogen and oxygen atoms in total. The van der Waals surface area contributed by atoms with E-state index in [-0.39, 0.29) is 5.02 Å². The summed E-state index contributed by atoms with van der Waals surface area (Å²) in [5, 5.41) is 0.170. The molecule has 2 aromatic carbocycles. The van der Waals surface area contributed by atoms with Gasteiger partial charge in [-0.15, -0.1) is 0 Å². The first-order chi connectivity index (χ1) is 10.9. The van der Waals surface area contributed by atoms with Crippen LogP contribution in [0.1, 0.15) is 30.0 Å². The second-order valence-corrected chi connectivity index (χ2v) is 7.72. The first-order valence-electron chi connectivity index (χ1n) is 7.22. The molecule has 3 N–H and O–H groups in total. The molecule has 0 heterocycles. The maximum absolute atomic E-state index is 13.9. The Balaban J connectivity index is 1.95. The molecular formula is C16H16ClFN2O2S. The lowest BCUT2D eigenvalue weighted by molar-refractivity contribution is 0.502. The molecule has 0 aromatic heterocycles. The Hall–Kier alpha value is -1.63. The van der Waals surface area contributed by atoms with Crippen LogP contribution in [0.25, 0.3) is 0 Å². The fourth-order valence-corrected chi connectivity index (χ4v) is 4.48. The van der Waals surface area contributed by atoms with Crippen LogP contribution in [-0.4, -0.2) is 8.42 Å². The van der Waals surface area contributed by atoms with Gasteiger partial charge in [0, 0.05) is 16.8 Å². The number of hydrogen-bond acceptors (Lipinski definition) is 3. The standard InChI is InChI=1S/C16H16ClFN2O2S/c17-11-4-7-14(18)16(9-11)23(21,22)20-15-3-1-2-10-8-12(19)5-6-13(10)15/h4-9,15,20H,1-3,19H2. The zero-order valence-electron chi connectivity index (χ0n) is 12.2. The number of benzene rings is 2. The van der Waals surface area contributed by atoms with E-state index in [0.717, 1.165) is 36.1 Å². The van der Waals surface area contributed by atoms with Crippen molar-refractivity contribution in [1.29, 1.82) is 0 Å². The summed E-state index contributed by atoms with van der Waals surface area (Å²) >= 11 is 5.79. The highest BCUT2D eigenvalue weighted by Gasteiger charge is 2.27. The smallest absolute Gasteiger partial charge is 0.244 e. The van der Waals surface area contributed by atoms with Crippen molar-refractivity contribution in [2.75, 3.05) is 5.73 Å². The lowest BCUT2D eigenvalue weighted by atomic mass is 9.88. The molecule has 3 rings (SSSR count). The Labute approximate surface area is 139 Å². The lowest BCUT2D eigenvalue weighted by Crippen LogP contribution is -2.31. The molecule has 1 aliphatic carbocycles. The highest BCUT2D eigenvalue weighted by Crippen LogP contribution is 2.32. The lowest BCUT2D eigenvalue weighted by Gasteiger charge is -2.26. The van der Waals surface area contributed by atoms with E-state index in [1.54, 1.807) is 6.07 Å². The molecule has 1 atom stereocenters. The van der Waals surface area contributed by atoms with E-state index in [1.807, 2.05) is 12.1 Å². The van der Waals surface area contributed by atoms with Crippen molar-refractivity contribution in [3.05, 3.63) is 58.4 Å². The second kappa shape index (κ2) is 6.11. The molecule has 0 radical (unpaired) electrons. The quantitative estimate of drug-likeness (QED) is 0.829. The van der Waals surface area contributed by atoms with Crippen molar-refractivity contribution >= 4 is 27.3 Å². The van der Waals surface area contributed by atoms with Gasteiger partial charge in [-0.05, 0) is 60.7 Å². The maximum atomic E-state index is 13.9. The first kappa shape index (κ1) is 16.2. The van der Waals surface area contributed by atoms with E-state index >= 15 is 0 Å². The predicted octanol–water partition coefficient (Wildman–Crippen LogP) is 3.42. The van der Waals surface area contributed by atoms with E-state index < -0.39 is 26.8 Å². The molecule has 2 aromatic rings. The van der Waals surface area contributed by atoms with Crippen molar-refractivity contribution < 1.29 is 12.8 Å². The largest absolute Gasteiger partial charge is 0.399 e. The average molecular weight is 355 g/mol. The summed E-state index contributed by atoms with van der Waals surface area (Å²) in [7, 11) is -4.01. The molecule has 23 heavy (non-hydrogen) atoms. The molecule has 1 aliphatic rings. The summed E-state index contributed by atoms with van der Waals surface area (Å²) in [5.74, 6) is -0.824. The molecule has 0 saturated heterocycles. The molecular weight excluding hydrogens is 339 g/mol. The van der Waals surface area contributed by atoms with Crippen LogP contribution in [0, 0.1) is 5.82 Å². The highest BCUT2D eigenvalue weighted by molar-refractivity contribution is 7.89. The second-order valence-electron chi connectivity index (χ2n) is 5.60. The molecule has 0 bridgehead atoms. The SMILES string of the molecule is Nc1ccc2c(c1)CCCC2NS(=O)(=O)c1cc(Cl)ccc1F. The molecule has 0 amide bonds. The summed E-state index contributed by atoms with van der Waals surface area (Å²) in [6.45, 7) is 0. The van der Waals surface area contributed by atoms with Gasteiger partial charge in [-0.1, -0.05) is 17.7 Å². The number of nitrogen functional groups attached to an aromatic ring is 1. The van der Waals surface area contributed by atoms with Gasteiger partial charge in [0.05, 0.1) is 0 Å². The molecule has 0 saturated carbocycles. The van der Waals surface area contributed by atoms with Gasteiger partial charge in [-0.3, -0.25) is 0 Å². The molecule has 0 spiro atoms. The van der Waals surface area contributed by atoms with E-state index in [4.69, 9.17) is 17.3 Å². The molecule has 0 fully saturated rings. The summed E-state index contributed by atoms with van der Waals surface area (Å²) in [6.07, 6.45) is 2.34. The van der Waals surface area contributed by atoms with Crippen molar-refractivity contribution in [2.24, 2.45) is 0 Å². The Bertz CT molecular complexity index is 855. The van der Waals surface area contributed by atoms with Crippen LogP contribution in [-0.2, 0) is 16.4 Å². The van der Waals surface area contributed by atoms with E-state index in [9.17, 15) is 12.8 Å². The summed E-state index contributed by atoms with van der Waals surface area (Å²) < 4.78 is 41.5. The number of aryl methyl sites for hydroxylation is 1. The fraction of sp³-hybridized carbons (Fsp3) is 0.250. The number of anilines is 1. The van der Waals surface area contributed by atoms with Gasteiger partial charge < -0.3 is 5.73 Å². The van der Waals surface area contributed by atoms with Gasteiger partial charge in [0.1, 0.15) is 10.7 Å². The van der Waals surface area contributed by atoms with Crippen LogP contribution < -0.4 is 10.5 Å². The monoisotopic (exact) mass is 354 g/mol. The van der Waals surface area contributed by atoms with Crippen LogP contribution in [0.15, 0.2) is 41.3 Å². The first-order valence-corrected chi connectivity index (χ1v) is 9.08. The summed E-state index contributed by atoms with van der Waals surface area (Å²) in [5.41, 5.74) is 8.33. The third-order valence-corrected chi connectivity index (χ3v) is 5.68. The third-order valence-electron chi connectivity index (χ3n) is 3.96. The minimum Gasteiger partial charge on any atom is -0.399 e. The molecule has 0 aliphatic heterocycles. The number of nitrogens with two attached hydrogens (primary N) is 1. The van der Waals surface area contributed by atoms with Crippen LogP contribution >= 0.6 is 11.6 Å². The van der Waals surface area contributed by atoms with Crippen LogP contribution in [0.2, 0.25) is 5.02 Å². The normalized spacial score (nSPS) is 17.7. The van der Waals surface area contributed by atoms with Crippen molar-refractivity contribution in [2.45, 2.75) is 30.2 Å². The van der Waals surface area contributed by atoms with Gasteiger partial charge in [0.2, 0.25) is 10.0 Å². The summed E-state index contributed by atoms with van der Waals surface area (Å²) in [4.78, 5) is -0.437. The Morgan fingerprint density at radius 1 is 1.22 bits per heavy atom. The average Bonchev–Trinajstić information content (AvgIpc) is 2.49. The van der Waals surface area contributed by atoms with Crippen LogP contribution in [0.5, 0.6) is 0 Å². The number of sulfonamides is 1.